The summed E-state index contributed by atoms with van der Waals surface area (Å²) in [5.41, 5.74) is 2.59. The molecule has 0 spiro atoms. The largest absolute Gasteiger partial charge is 0.365 e. The lowest BCUT2D eigenvalue weighted by Crippen LogP contribution is -2.27. The molecule has 1 N–H and O–H groups in total. The number of rotatable bonds is 3. The van der Waals surface area contributed by atoms with E-state index in [9.17, 15) is 0 Å². The van der Waals surface area contributed by atoms with Crippen LogP contribution in [0.4, 0.5) is 11.6 Å². The minimum Gasteiger partial charge on any atom is -0.365 e. The normalized spacial score (nSPS) is 20.7. The minimum absolute atomic E-state index is 0.396. The van der Waals surface area contributed by atoms with Gasteiger partial charge in [0.15, 0.2) is 5.82 Å². The average molecular weight is 296 g/mol. The lowest BCUT2D eigenvalue weighted by molar-refractivity contribution is 0.652. The number of hydrogen-bond donors (Lipinski definition) is 1. The summed E-state index contributed by atoms with van der Waals surface area (Å²) >= 11 is 0. The first-order valence-electron chi connectivity index (χ1n) is 8.01. The Morgan fingerprint density at radius 3 is 3.05 bits per heavy atom. The molecule has 1 unspecified atom stereocenters. The first-order chi connectivity index (χ1) is 10.9. The zero-order chi connectivity index (χ0) is 14.8. The Balaban J connectivity index is 1.44. The second kappa shape index (κ2) is 5.87. The van der Waals surface area contributed by atoms with Crippen LogP contribution in [0.1, 0.15) is 30.5 Å². The maximum atomic E-state index is 4.44. The Hall–Kier alpha value is -2.24. The number of anilines is 2. The fourth-order valence-corrected chi connectivity index (χ4v) is 3.30. The van der Waals surface area contributed by atoms with Crippen LogP contribution in [0.2, 0.25) is 0 Å². The summed E-state index contributed by atoms with van der Waals surface area (Å²) < 4.78 is 0. The molecule has 1 saturated heterocycles. The van der Waals surface area contributed by atoms with Gasteiger partial charge in [-0.1, -0.05) is 0 Å². The molecule has 6 nitrogen and oxygen atoms in total. The van der Waals surface area contributed by atoms with Gasteiger partial charge in [0.05, 0.1) is 5.69 Å². The van der Waals surface area contributed by atoms with Gasteiger partial charge in [-0.25, -0.2) is 9.97 Å². The maximum absolute atomic E-state index is 4.44. The van der Waals surface area contributed by atoms with Crippen molar-refractivity contribution in [2.45, 2.75) is 38.1 Å². The van der Waals surface area contributed by atoms with E-state index in [1.807, 2.05) is 6.07 Å². The summed E-state index contributed by atoms with van der Waals surface area (Å²) in [6, 6.07) is 4.54. The van der Waals surface area contributed by atoms with Crippen molar-refractivity contribution in [3.05, 3.63) is 35.9 Å². The van der Waals surface area contributed by atoms with E-state index in [0.29, 0.717) is 6.04 Å². The molecule has 0 saturated carbocycles. The molecule has 1 aliphatic heterocycles. The van der Waals surface area contributed by atoms with E-state index < -0.39 is 0 Å². The van der Waals surface area contributed by atoms with Gasteiger partial charge in [0.25, 0.3) is 0 Å². The van der Waals surface area contributed by atoms with Crippen molar-refractivity contribution >= 4 is 11.6 Å². The van der Waals surface area contributed by atoms with Gasteiger partial charge in [0.1, 0.15) is 12.1 Å². The second-order valence-electron chi connectivity index (χ2n) is 6.05. The quantitative estimate of drug-likeness (QED) is 0.932. The van der Waals surface area contributed by atoms with Crippen LogP contribution in [0.25, 0.3) is 0 Å². The molecule has 0 amide bonds. The minimum atomic E-state index is 0.396. The topological polar surface area (TPSA) is 66.8 Å². The highest BCUT2D eigenvalue weighted by molar-refractivity contribution is 5.45. The van der Waals surface area contributed by atoms with Crippen LogP contribution in [0, 0.1) is 0 Å². The number of nitrogens with zero attached hydrogens (tertiary/aromatic N) is 5. The predicted octanol–water partition coefficient (Wildman–Crippen LogP) is 1.84. The number of aryl methyl sites for hydroxylation is 2. The van der Waals surface area contributed by atoms with Crippen LogP contribution in [-0.4, -0.2) is 39.3 Å². The molecule has 1 aliphatic carbocycles. The molecule has 0 bridgehead atoms. The van der Waals surface area contributed by atoms with Crippen LogP contribution in [-0.2, 0) is 12.8 Å². The summed E-state index contributed by atoms with van der Waals surface area (Å²) in [5.74, 6) is 1.91. The van der Waals surface area contributed by atoms with Crippen molar-refractivity contribution < 1.29 is 0 Å². The lowest BCUT2D eigenvalue weighted by Gasteiger charge is -2.20. The van der Waals surface area contributed by atoms with Crippen molar-refractivity contribution in [2.75, 3.05) is 23.3 Å². The van der Waals surface area contributed by atoms with E-state index in [0.717, 1.165) is 44.0 Å². The Morgan fingerprint density at radius 1 is 1.18 bits per heavy atom. The van der Waals surface area contributed by atoms with Gasteiger partial charge in [-0.05, 0) is 49.8 Å². The molecule has 2 aliphatic rings. The van der Waals surface area contributed by atoms with E-state index in [4.69, 9.17) is 0 Å². The molecule has 0 radical (unpaired) electrons. The van der Waals surface area contributed by atoms with Gasteiger partial charge >= 0.3 is 0 Å². The van der Waals surface area contributed by atoms with Crippen LogP contribution >= 0.6 is 0 Å². The zero-order valence-corrected chi connectivity index (χ0v) is 12.6. The first-order valence-corrected chi connectivity index (χ1v) is 8.01. The monoisotopic (exact) mass is 296 g/mol. The van der Waals surface area contributed by atoms with E-state index in [2.05, 4.69) is 36.4 Å². The molecule has 1 atom stereocenters. The van der Waals surface area contributed by atoms with Crippen LogP contribution < -0.4 is 10.2 Å². The third kappa shape index (κ3) is 2.73. The van der Waals surface area contributed by atoms with Crippen molar-refractivity contribution in [2.24, 2.45) is 0 Å². The van der Waals surface area contributed by atoms with Gasteiger partial charge in [-0.3, -0.25) is 0 Å². The van der Waals surface area contributed by atoms with E-state index in [1.165, 1.54) is 24.1 Å². The van der Waals surface area contributed by atoms with Crippen molar-refractivity contribution in [1.29, 1.82) is 0 Å². The Morgan fingerprint density at radius 2 is 2.14 bits per heavy atom. The summed E-state index contributed by atoms with van der Waals surface area (Å²) in [6.45, 7) is 1.95. The summed E-state index contributed by atoms with van der Waals surface area (Å²) in [6.07, 6.45) is 9.17. The average Bonchev–Trinajstić information content (AvgIpc) is 3.04. The predicted molar refractivity (Wildman–Crippen MR) is 84.9 cm³/mol. The summed E-state index contributed by atoms with van der Waals surface area (Å²) in [5, 5.41) is 12.3. The highest BCUT2D eigenvalue weighted by Gasteiger charge is 2.25. The van der Waals surface area contributed by atoms with Gasteiger partial charge in [-0.2, -0.15) is 5.10 Å². The molecular weight excluding hydrogens is 276 g/mol. The van der Waals surface area contributed by atoms with Gasteiger partial charge in [-0.15, -0.1) is 5.10 Å². The number of hydrogen-bond acceptors (Lipinski definition) is 6. The standard InChI is InChI=1S/C16H20N6/c1-2-4-14-12(3-1)9-16(21-20-14)22-8-6-13(10-22)19-15-5-7-17-11-18-15/h5,7,9,11,13H,1-4,6,8,10H2,(H,17,18,19). The molecule has 22 heavy (non-hydrogen) atoms. The van der Waals surface area contributed by atoms with Gasteiger partial charge in [0.2, 0.25) is 0 Å². The number of nitrogens with one attached hydrogen (secondary N) is 1. The second-order valence-corrected chi connectivity index (χ2v) is 6.05. The van der Waals surface area contributed by atoms with Gasteiger partial charge < -0.3 is 10.2 Å². The fourth-order valence-electron chi connectivity index (χ4n) is 3.30. The highest BCUT2D eigenvalue weighted by Crippen LogP contribution is 2.25. The molecule has 3 heterocycles. The Bertz CT molecular complexity index is 644. The first kappa shape index (κ1) is 13.4. The molecule has 114 valence electrons. The Kier molecular flexibility index (Phi) is 3.58. The molecule has 4 rings (SSSR count). The van der Waals surface area contributed by atoms with Crippen LogP contribution in [0.15, 0.2) is 24.7 Å². The van der Waals surface area contributed by atoms with Gasteiger partial charge in [0, 0.05) is 25.3 Å². The fraction of sp³-hybridized carbons (Fsp3) is 0.500. The highest BCUT2D eigenvalue weighted by atomic mass is 15.3. The van der Waals surface area contributed by atoms with E-state index >= 15 is 0 Å². The van der Waals surface area contributed by atoms with Crippen LogP contribution in [0.3, 0.4) is 0 Å². The molecule has 2 aromatic heterocycles. The molecule has 0 aromatic carbocycles. The van der Waals surface area contributed by atoms with E-state index in [-0.39, 0.29) is 0 Å². The van der Waals surface area contributed by atoms with Crippen molar-refractivity contribution in [1.82, 2.24) is 20.2 Å². The van der Waals surface area contributed by atoms with Crippen molar-refractivity contribution in [3.63, 3.8) is 0 Å². The maximum Gasteiger partial charge on any atom is 0.151 e. The molecular formula is C16H20N6. The molecule has 6 heteroatoms. The SMILES string of the molecule is c1cc(NC2CCN(c3cc4c(nn3)CCCC4)C2)ncn1. The van der Waals surface area contributed by atoms with Crippen molar-refractivity contribution in [3.8, 4) is 0 Å². The smallest absolute Gasteiger partial charge is 0.151 e. The number of fused-ring (bicyclic) bond motifs is 1. The lowest BCUT2D eigenvalue weighted by atomic mass is 9.97. The Labute approximate surface area is 130 Å². The van der Waals surface area contributed by atoms with E-state index in [1.54, 1.807) is 12.5 Å². The molecule has 2 aromatic rings. The van der Waals surface area contributed by atoms with Crippen LogP contribution in [0.5, 0.6) is 0 Å². The molecule has 1 fully saturated rings. The summed E-state index contributed by atoms with van der Waals surface area (Å²) in [4.78, 5) is 10.5. The third-order valence-corrected chi connectivity index (χ3v) is 4.50. The summed E-state index contributed by atoms with van der Waals surface area (Å²) in [7, 11) is 0. The number of aromatic nitrogens is 4. The third-order valence-electron chi connectivity index (χ3n) is 4.50. The zero-order valence-electron chi connectivity index (χ0n) is 12.6.